The Morgan fingerprint density at radius 1 is 1.15 bits per heavy atom. The minimum Gasteiger partial charge on any atom is -0.469 e. The predicted molar refractivity (Wildman–Crippen MR) is 82.6 cm³/mol. The Hall–Kier alpha value is -1.68. The first-order chi connectivity index (χ1) is 9.84. The lowest BCUT2D eigenvalue weighted by atomic mass is 10.2. The zero-order valence-electron chi connectivity index (χ0n) is 11.4. The number of aryl methyl sites for hydroxylation is 1. The molecular weight excluding hydrogens is 270 g/mol. The first kappa shape index (κ1) is 14.7. The minimum atomic E-state index is 0.102. The SMILES string of the molecule is O=C(CSCc1ccccc1)NCCCc1ccco1. The van der Waals surface area contributed by atoms with Crippen molar-refractivity contribution in [2.45, 2.75) is 18.6 Å². The van der Waals surface area contributed by atoms with Crippen LogP contribution in [0.4, 0.5) is 0 Å². The summed E-state index contributed by atoms with van der Waals surface area (Å²) in [7, 11) is 0. The Morgan fingerprint density at radius 2 is 2.00 bits per heavy atom. The van der Waals surface area contributed by atoms with Gasteiger partial charge in [0.2, 0.25) is 5.91 Å². The number of carbonyl (C=O) groups is 1. The fourth-order valence-electron chi connectivity index (χ4n) is 1.83. The number of hydrogen-bond donors (Lipinski definition) is 1. The highest BCUT2D eigenvalue weighted by Gasteiger charge is 2.02. The Morgan fingerprint density at radius 3 is 2.75 bits per heavy atom. The van der Waals surface area contributed by atoms with Crippen molar-refractivity contribution in [2.24, 2.45) is 0 Å². The van der Waals surface area contributed by atoms with Gasteiger partial charge in [-0.3, -0.25) is 4.79 Å². The summed E-state index contributed by atoms with van der Waals surface area (Å²) in [4.78, 5) is 11.6. The second-order valence-corrected chi connectivity index (χ2v) is 5.50. The highest BCUT2D eigenvalue weighted by atomic mass is 32.2. The van der Waals surface area contributed by atoms with E-state index in [-0.39, 0.29) is 5.91 Å². The average molecular weight is 289 g/mol. The number of carbonyl (C=O) groups excluding carboxylic acids is 1. The molecule has 1 heterocycles. The third-order valence-electron chi connectivity index (χ3n) is 2.85. The lowest BCUT2D eigenvalue weighted by Crippen LogP contribution is -2.26. The monoisotopic (exact) mass is 289 g/mol. The maximum absolute atomic E-state index is 11.6. The predicted octanol–water partition coefficient (Wildman–Crippen LogP) is 3.26. The smallest absolute Gasteiger partial charge is 0.230 e. The summed E-state index contributed by atoms with van der Waals surface area (Å²) in [5.41, 5.74) is 1.25. The van der Waals surface area contributed by atoms with Crippen LogP contribution in [0.25, 0.3) is 0 Å². The molecule has 1 N–H and O–H groups in total. The second-order valence-electron chi connectivity index (χ2n) is 4.51. The Kier molecular flexibility index (Phi) is 6.24. The Labute approximate surface area is 123 Å². The van der Waals surface area contributed by atoms with Crippen LogP contribution in [0.3, 0.4) is 0 Å². The van der Waals surface area contributed by atoms with Crippen LogP contribution >= 0.6 is 11.8 Å². The van der Waals surface area contributed by atoms with E-state index in [9.17, 15) is 4.79 Å². The molecule has 0 fully saturated rings. The van der Waals surface area contributed by atoms with E-state index >= 15 is 0 Å². The van der Waals surface area contributed by atoms with Gasteiger partial charge in [0.15, 0.2) is 0 Å². The third kappa shape index (κ3) is 5.53. The summed E-state index contributed by atoms with van der Waals surface area (Å²) in [6.07, 6.45) is 3.45. The van der Waals surface area contributed by atoms with Gasteiger partial charge in [0, 0.05) is 18.7 Å². The van der Waals surface area contributed by atoms with E-state index in [4.69, 9.17) is 4.42 Å². The number of furan rings is 1. The van der Waals surface area contributed by atoms with Gasteiger partial charge >= 0.3 is 0 Å². The quantitative estimate of drug-likeness (QED) is 0.758. The Balaban J connectivity index is 1.52. The van der Waals surface area contributed by atoms with Gasteiger partial charge in [-0.25, -0.2) is 0 Å². The van der Waals surface area contributed by atoms with Crippen LogP contribution < -0.4 is 5.32 Å². The number of hydrogen-bond acceptors (Lipinski definition) is 3. The van der Waals surface area contributed by atoms with Gasteiger partial charge in [0.05, 0.1) is 12.0 Å². The van der Waals surface area contributed by atoms with Crippen LogP contribution in [-0.2, 0) is 17.0 Å². The minimum absolute atomic E-state index is 0.102. The molecule has 3 nitrogen and oxygen atoms in total. The summed E-state index contributed by atoms with van der Waals surface area (Å²) < 4.78 is 5.24. The van der Waals surface area contributed by atoms with Crippen molar-refractivity contribution in [2.75, 3.05) is 12.3 Å². The molecule has 0 aliphatic carbocycles. The zero-order chi connectivity index (χ0) is 14.0. The van der Waals surface area contributed by atoms with E-state index in [1.54, 1.807) is 18.0 Å². The van der Waals surface area contributed by atoms with Crippen LogP contribution in [0.5, 0.6) is 0 Å². The van der Waals surface area contributed by atoms with E-state index in [0.717, 1.165) is 24.4 Å². The van der Waals surface area contributed by atoms with Gasteiger partial charge in [-0.1, -0.05) is 30.3 Å². The van der Waals surface area contributed by atoms with Crippen LogP contribution in [-0.4, -0.2) is 18.2 Å². The van der Waals surface area contributed by atoms with E-state index in [1.165, 1.54) is 5.56 Å². The third-order valence-corrected chi connectivity index (χ3v) is 3.85. The van der Waals surface area contributed by atoms with Crippen molar-refractivity contribution < 1.29 is 9.21 Å². The molecule has 0 aliphatic rings. The molecule has 0 aliphatic heterocycles. The molecule has 2 aromatic rings. The summed E-state index contributed by atoms with van der Waals surface area (Å²) in [5, 5.41) is 2.93. The molecule has 4 heteroatoms. The Bertz CT molecular complexity index is 496. The summed E-state index contributed by atoms with van der Waals surface area (Å²) in [6, 6.07) is 14.0. The van der Waals surface area contributed by atoms with Crippen LogP contribution in [0.1, 0.15) is 17.7 Å². The molecule has 1 amide bonds. The number of amides is 1. The molecule has 1 aromatic heterocycles. The van der Waals surface area contributed by atoms with E-state index in [2.05, 4.69) is 17.4 Å². The molecule has 1 aromatic carbocycles. The fourth-order valence-corrected chi connectivity index (χ4v) is 2.65. The molecule has 0 atom stereocenters. The standard InChI is InChI=1S/C16H19NO2S/c18-16(13-20-12-14-6-2-1-3-7-14)17-10-4-8-15-9-5-11-19-15/h1-3,5-7,9,11H,4,8,10,12-13H2,(H,17,18). The first-order valence-electron chi connectivity index (χ1n) is 6.75. The van der Waals surface area contributed by atoms with E-state index in [1.807, 2.05) is 30.3 Å². The first-order valence-corrected chi connectivity index (χ1v) is 7.91. The van der Waals surface area contributed by atoms with Crippen molar-refractivity contribution >= 4 is 17.7 Å². The second kappa shape index (κ2) is 8.48. The molecule has 0 saturated heterocycles. The van der Waals surface area contributed by atoms with Gasteiger partial charge in [-0.15, -0.1) is 11.8 Å². The van der Waals surface area contributed by atoms with Crippen molar-refractivity contribution in [3.63, 3.8) is 0 Å². The van der Waals surface area contributed by atoms with Gasteiger partial charge < -0.3 is 9.73 Å². The van der Waals surface area contributed by atoms with E-state index < -0.39 is 0 Å². The zero-order valence-corrected chi connectivity index (χ0v) is 12.2. The van der Waals surface area contributed by atoms with Crippen molar-refractivity contribution in [1.29, 1.82) is 0 Å². The number of nitrogens with one attached hydrogen (secondary N) is 1. The highest BCUT2D eigenvalue weighted by molar-refractivity contribution is 7.99. The molecular formula is C16H19NO2S. The molecule has 0 unspecified atom stereocenters. The fraction of sp³-hybridized carbons (Fsp3) is 0.312. The maximum atomic E-state index is 11.6. The van der Waals surface area contributed by atoms with Gasteiger partial charge in [-0.2, -0.15) is 0 Å². The average Bonchev–Trinajstić information content (AvgIpc) is 2.98. The molecule has 2 rings (SSSR count). The lowest BCUT2D eigenvalue weighted by Gasteiger charge is -2.04. The largest absolute Gasteiger partial charge is 0.469 e. The van der Waals surface area contributed by atoms with Crippen LogP contribution in [0.2, 0.25) is 0 Å². The van der Waals surface area contributed by atoms with Crippen molar-refractivity contribution in [3.05, 3.63) is 60.1 Å². The number of thioether (sulfide) groups is 1. The van der Waals surface area contributed by atoms with Crippen LogP contribution in [0, 0.1) is 0 Å². The summed E-state index contributed by atoms with van der Waals surface area (Å²) >= 11 is 1.64. The highest BCUT2D eigenvalue weighted by Crippen LogP contribution is 2.11. The molecule has 106 valence electrons. The van der Waals surface area contributed by atoms with Gasteiger partial charge in [0.25, 0.3) is 0 Å². The molecule has 0 bridgehead atoms. The normalized spacial score (nSPS) is 10.4. The van der Waals surface area contributed by atoms with Gasteiger partial charge in [-0.05, 0) is 24.1 Å². The van der Waals surface area contributed by atoms with E-state index in [0.29, 0.717) is 12.3 Å². The molecule has 0 saturated carbocycles. The number of rotatable bonds is 8. The van der Waals surface area contributed by atoms with Crippen molar-refractivity contribution in [1.82, 2.24) is 5.32 Å². The molecule has 0 radical (unpaired) electrons. The number of benzene rings is 1. The van der Waals surface area contributed by atoms with Crippen molar-refractivity contribution in [3.8, 4) is 0 Å². The molecule has 0 spiro atoms. The topological polar surface area (TPSA) is 42.2 Å². The van der Waals surface area contributed by atoms with Gasteiger partial charge in [0.1, 0.15) is 5.76 Å². The molecule has 20 heavy (non-hydrogen) atoms. The maximum Gasteiger partial charge on any atom is 0.230 e. The van der Waals surface area contributed by atoms with Crippen LogP contribution in [0.15, 0.2) is 53.1 Å². The summed E-state index contributed by atoms with van der Waals surface area (Å²) in [6.45, 7) is 0.700. The lowest BCUT2D eigenvalue weighted by molar-refractivity contribution is -0.118. The summed E-state index contributed by atoms with van der Waals surface area (Å²) in [5.74, 6) is 2.46.